The van der Waals surface area contributed by atoms with Gasteiger partial charge in [-0.15, -0.1) is 0 Å². The molecule has 0 bridgehead atoms. The second-order valence-electron chi connectivity index (χ2n) is 13.6. The number of nitrogens with zero attached hydrogens (tertiary/aromatic N) is 3. The van der Waals surface area contributed by atoms with Crippen LogP contribution in [0.1, 0.15) is 70.2 Å². The molecule has 0 N–H and O–H groups in total. The average molecular weight is 648 g/mol. The van der Waals surface area contributed by atoms with E-state index in [0.29, 0.717) is 35.5 Å². The molecule has 9 heteroatoms. The average Bonchev–Trinajstić information content (AvgIpc) is 3.00. The molecule has 3 aromatic carbocycles. The van der Waals surface area contributed by atoms with Gasteiger partial charge < -0.3 is 28.9 Å². The van der Waals surface area contributed by atoms with Crippen LogP contribution in [0.4, 0.5) is 16.2 Å². The molecule has 2 heterocycles. The zero-order valence-electron chi connectivity index (χ0n) is 28.0. The molecule has 0 unspecified atom stereocenters. The number of hydrogen-bond donors (Lipinski definition) is 0. The zero-order chi connectivity index (χ0) is 33.2. The second-order valence-corrected chi connectivity index (χ2v) is 14.0. The maximum absolute atomic E-state index is 13.9. The number of anilines is 2. The van der Waals surface area contributed by atoms with Crippen molar-refractivity contribution in [3.8, 4) is 11.5 Å². The van der Waals surface area contributed by atoms with E-state index in [0.717, 1.165) is 47.5 Å². The van der Waals surface area contributed by atoms with Gasteiger partial charge in [-0.1, -0.05) is 23.7 Å². The van der Waals surface area contributed by atoms with E-state index in [4.69, 9.17) is 25.8 Å². The molecular weight excluding hydrogens is 602 g/mol. The number of piperidine rings is 1. The topological polar surface area (TPSA) is 71.6 Å². The maximum atomic E-state index is 13.9. The van der Waals surface area contributed by atoms with Crippen molar-refractivity contribution in [1.82, 2.24) is 4.90 Å². The number of carbonyl (C=O) groups excluding carboxylic acids is 2. The monoisotopic (exact) mass is 647 g/mol. The summed E-state index contributed by atoms with van der Waals surface area (Å²) >= 11 is 6.27. The summed E-state index contributed by atoms with van der Waals surface area (Å²) in [5.74, 6) is 1.74. The number of methoxy groups -OCH3 is 1. The van der Waals surface area contributed by atoms with Gasteiger partial charge in [-0.05, 0) is 119 Å². The Kier molecular flexibility index (Phi) is 10.1. The highest BCUT2D eigenvalue weighted by Gasteiger charge is 2.36. The lowest BCUT2D eigenvalue weighted by Gasteiger charge is -2.38. The fraction of sp³-hybridized carbons (Fsp3) is 0.459. The highest BCUT2D eigenvalue weighted by molar-refractivity contribution is 6.30. The summed E-state index contributed by atoms with van der Waals surface area (Å²) in [6.45, 7) is 11.9. The van der Waals surface area contributed by atoms with Gasteiger partial charge in [0.05, 0.1) is 25.7 Å². The zero-order valence-corrected chi connectivity index (χ0v) is 28.8. The standard InChI is InChI=1S/C37H46ClN3O5/c1-24(2)45-33-22-31-27(20-32(33)44-7)21-34(42)41(35(31)26-8-10-28(38)11-9-26)30-14-12-29(13-15-30)39(6)23-25-16-18-40(19-17-25)36(43)46-37(3,4)5/h8-15,20,22,24-25,35H,16-19,21,23H2,1-7H3/t35-/m0/s1. The Labute approximate surface area is 278 Å². The van der Waals surface area contributed by atoms with E-state index < -0.39 is 5.60 Å². The van der Waals surface area contributed by atoms with Gasteiger partial charge in [0, 0.05) is 43.1 Å². The van der Waals surface area contributed by atoms with E-state index in [1.807, 2.05) is 92.9 Å². The molecule has 46 heavy (non-hydrogen) atoms. The highest BCUT2D eigenvalue weighted by Crippen LogP contribution is 2.44. The molecule has 5 rings (SSSR count). The summed E-state index contributed by atoms with van der Waals surface area (Å²) in [5, 5.41) is 0.638. The first-order chi connectivity index (χ1) is 21.8. The maximum Gasteiger partial charge on any atom is 0.410 e. The number of rotatable bonds is 8. The molecule has 2 amide bonds. The number of ether oxygens (including phenoxy) is 3. The molecule has 1 atom stereocenters. The number of carbonyl (C=O) groups is 2. The number of benzene rings is 3. The van der Waals surface area contributed by atoms with Crippen LogP contribution in [0, 0.1) is 5.92 Å². The fourth-order valence-corrected chi connectivity index (χ4v) is 6.44. The predicted octanol–water partition coefficient (Wildman–Crippen LogP) is 7.90. The van der Waals surface area contributed by atoms with Crippen LogP contribution in [0.5, 0.6) is 11.5 Å². The van der Waals surface area contributed by atoms with E-state index in [1.54, 1.807) is 7.11 Å². The lowest BCUT2D eigenvalue weighted by atomic mass is 9.86. The van der Waals surface area contributed by atoms with Crippen molar-refractivity contribution in [1.29, 1.82) is 0 Å². The minimum atomic E-state index is -0.490. The molecule has 1 fully saturated rings. The molecule has 246 valence electrons. The third kappa shape index (κ3) is 7.72. The van der Waals surface area contributed by atoms with Crippen molar-refractivity contribution >= 4 is 35.0 Å². The third-order valence-electron chi connectivity index (χ3n) is 8.50. The number of halogens is 1. The van der Waals surface area contributed by atoms with Crippen LogP contribution in [0.15, 0.2) is 60.7 Å². The predicted molar refractivity (Wildman–Crippen MR) is 183 cm³/mol. The van der Waals surface area contributed by atoms with Crippen molar-refractivity contribution in [2.75, 3.05) is 43.6 Å². The summed E-state index contributed by atoms with van der Waals surface area (Å²) in [7, 11) is 3.71. The quantitative estimate of drug-likeness (QED) is 0.248. The molecule has 2 aliphatic heterocycles. The molecule has 8 nitrogen and oxygen atoms in total. The summed E-state index contributed by atoms with van der Waals surface area (Å²) in [4.78, 5) is 32.3. The van der Waals surface area contributed by atoms with Gasteiger partial charge in [0.1, 0.15) is 5.60 Å². The Hall–Kier alpha value is -3.91. The number of fused-ring (bicyclic) bond motifs is 1. The summed E-state index contributed by atoms with van der Waals surface area (Å²) in [6.07, 6.45) is 1.84. The largest absolute Gasteiger partial charge is 0.493 e. The van der Waals surface area contributed by atoms with Gasteiger partial charge in [0.15, 0.2) is 11.5 Å². The van der Waals surface area contributed by atoms with Crippen LogP contribution in [-0.4, -0.2) is 62.4 Å². The van der Waals surface area contributed by atoms with Gasteiger partial charge in [-0.3, -0.25) is 4.79 Å². The molecule has 3 aromatic rings. The van der Waals surface area contributed by atoms with Crippen LogP contribution >= 0.6 is 11.6 Å². The highest BCUT2D eigenvalue weighted by atomic mass is 35.5. The second kappa shape index (κ2) is 13.8. The lowest BCUT2D eigenvalue weighted by Crippen LogP contribution is -2.43. The van der Waals surface area contributed by atoms with Crippen molar-refractivity contribution in [2.45, 2.75) is 71.6 Å². The van der Waals surface area contributed by atoms with E-state index in [9.17, 15) is 9.59 Å². The Balaban J connectivity index is 1.36. The summed E-state index contributed by atoms with van der Waals surface area (Å²) < 4.78 is 17.3. The van der Waals surface area contributed by atoms with Gasteiger partial charge in [0.25, 0.3) is 0 Å². The first-order valence-corrected chi connectivity index (χ1v) is 16.4. The van der Waals surface area contributed by atoms with Crippen LogP contribution in [0.25, 0.3) is 0 Å². The Morgan fingerprint density at radius 3 is 2.24 bits per heavy atom. The Morgan fingerprint density at radius 1 is 1.00 bits per heavy atom. The minimum Gasteiger partial charge on any atom is -0.493 e. The third-order valence-corrected chi connectivity index (χ3v) is 8.76. The normalized spacial score (nSPS) is 17.2. The van der Waals surface area contributed by atoms with Crippen molar-refractivity contribution in [3.63, 3.8) is 0 Å². The molecule has 0 spiro atoms. The van der Waals surface area contributed by atoms with Crippen LogP contribution in [0.3, 0.4) is 0 Å². The first-order valence-electron chi connectivity index (χ1n) is 16.1. The van der Waals surface area contributed by atoms with Crippen LogP contribution < -0.4 is 19.3 Å². The van der Waals surface area contributed by atoms with Crippen molar-refractivity contribution in [2.24, 2.45) is 5.92 Å². The van der Waals surface area contributed by atoms with Crippen molar-refractivity contribution in [3.05, 3.63) is 82.4 Å². The Bertz CT molecular complexity index is 1530. The lowest BCUT2D eigenvalue weighted by molar-refractivity contribution is -0.118. The molecule has 0 aliphatic carbocycles. The molecule has 0 saturated carbocycles. The summed E-state index contributed by atoms with van der Waals surface area (Å²) in [5.41, 5.74) is 4.28. The van der Waals surface area contributed by atoms with Gasteiger partial charge in [-0.25, -0.2) is 4.79 Å². The summed E-state index contributed by atoms with van der Waals surface area (Å²) in [6, 6.07) is 19.5. The SMILES string of the molecule is COc1cc2c(cc1OC(C)C)[C@H](c1ccc(Cl)cc1)N(c1ccc(N(C)CC3CCN(C(=O)OC(C)(C)C)CC3)cc1)C(=O)C2. The van der Waals surface area contributed by atoms with E-state index in [1.165, 1.54) is 0 Å². The van der Waals surface area contributed by atoms with E-state index in [2.05, 4.69) is 24.1 Å². The van der Waals surface area contributed by atoms with Gasteiger partial charge in [-0.2, -0.15) is 0 Å². The number of amides is 2. The first kappa shape index (κ1) is 33.5. The molecular formula is C37H46ClN3O5. The van der Waals surface area contributed by atoms with Crippen LogP contribution in [-0.2, 0) is 16.0 Å². The van der Waals surface area contributed by atoms with E-state index >= 15 is 0 Å². The van der Waals surface area contributed by atoms with Gasteiger partial charge in [0.2, 0.25) is 5.91 Å². The number of likely N-dealkylation sites (tertiary alicyclic amines) is 1. The molecule has 2 aliphatic rings. The fourth-order valence-electron chi connectivity index (χ4n) is 6.31. The number of hydrogen-bond acceptors (Lipinski definition) is 6. The van der Waals surface area contributed by atoms with Crippen LogP contribution in [0.2, 0.25) is 5.02 Å². The van der Waals surface area contributed by atoms with Crippen molar-refractivity contribution < 1.29 is 23.8 Å². The Morgan fingerprint density at radius 2 is 1.65 bits per heavy atom. The molecule has 0 radical (unpaired) electrons. The van der Waals surface area contributed by atoms with E-state index in [-0.39, 0.29) is 30.6 Å². The molecule has 0 aromatic heterocycles. The molecule has 1 saturated heterocycles. The van der Waals surface area contributed by atoms with Gasteiger partial charge >= 0.3 is 6.09 Å². The minimum absolute atomic E-state index is 0.00452. The smallest absolute Gasteiger partial charge is 0.410 e.